The predicted molar refractivity (Wildman–Crippen MR) is 54.7 cm³/mol. The number of methoxy groups -OCH3 is 1. The highest BCUT2D eigenvalue weighted by atomic mass is 17.2. The molecule has 0 aliphatic heterocycles. The summed E-state index contributed by atoms with van der Waals surface area (Å²) in [7, 11) is 1.54. The normalized spacial score (nSPS) is 9.73. The van der Waals surface area contributed by atoms with Crippen LogP contribution in [0.3, 0.4) is 0 Å². The van der Waals surface area contributed by atoms with Crippen molar-refractivity contribution in [3.63, 3.8) is 0 Å². The highest BCUT2D eigenvalue weighted by Gasteiger charge is 2.08. The summed E-state index contributed by atoms with van der Waals surface area (Å²) < 4.78 is 4.98. The van der Waals surface area contributed by atoms with Gasteiger partial charge >= 0.3 is 5.97 Å². The second-order valence-electron chi connectivity index (χ2n) is 2.92. The molecule has 0 aromatic heterocycles. The molecule has 0 unspecified atom stereocenters. The monoisotopic (exact) mass is 210 g/mol. The molecule has 0 aliphatic rings. The SMILES string of the molecule is CCCOOC(=O)c1cccc(OC)c1. The quantitative estimate of drug-likeness (QED) is 0.424. The van der Waals surface area contributed by atoms with Crippen molar-refractivity contribution in [1.29, 1.82) is 0 Å². The molecule has 0 amide bonds. The van der Waals surface area contributed by atoms with Crippen LogP contribution in [0.25, 0.3) is 0 Å². The van der Waals surface area contributed by atoms with Crippen molar-refractivity contribution in [2.24, 2.45) is 0 Å². The molecule has 1 aromatic carbocycles. The Bertz CT molecular complexity index is 322. The molecule has 15 heavy (non-hydrogen) atoms. The van der Waals surface area contributed by atoms with Gasteiger partial charge in [-0.05, 0) is 24.6 Å². The van der Waals surface area contributed by atoms with Crippen LogP contribution in [0, 0.1) is 0 Å². The standard InChI is InChI=1S/C11H14O4/c1-3-7-14-15-11(12)9-5-4-6-10(8-9)13-2/h4-6,8H,3,7H2,1-2H3. The number of carbonyl (C=O) groups excluding carboxylic acids is 1. The lowest BCUT2D eigenvalue weighted by atomic mass is 10.2. The van der Waals surface area contributed by atoms with Gasteiger partial charge in [-0.2, -0.15) is 4.89 Å². The fourth-order valence-electron chi connectivity index (χ4n) is 0.977. The number of rotatable bonds is 5. The lowest BCUT2D eigenvalue weighted by molar-refractivity contribution is -0.240. The van der Waals surface area contributed by atoms with Crippen molar-refractivity contribution in [2.75, 3.05) is 13.7 Å². The average molecular weight is 210 g/mol. The lowest BCUT2D eigenvalue weighted by Crippen LogP contribution is -2.06. The maximum Gasteiger partial charge on any atom is 0.373 e. The van der Waals surface area contributed by atoms with Crippen LogP contribution in [0.15, 0.2) is 24.3 Å². The van der Waals surface area contributed by atoms with Crippen LogP contribution < -0.4 is 4.74 Å². The van der Waals surface area contributed by atoms with Gasteiger partial charge in [-0.1, -0.05) is 13.0 Å². The largest absolute Gasteiger partial charge is 0.497 e. The van der Waals surface area contributed by atoms with E-state index in [-0.39, 0.29) is 0 Å². The molecule has 82 valence electrons. The highest BCUT2D eigenvalue weighted by Crippen LogP contribution is 2.13. The van der Waals surface area contributed by atoms with E-state index in [2.05, 4.69) is 9.78 Å². The second kappa shape index (κ2) is 6.03. The molecule has 0 bridgehead atoms. The first-order valence-corrected chi connectivity index (χ1v) is 4.75. The van der Waals surface area contributed by atoms with E-state index in [1.807, 2.05) is 6.92 Å². The van der Waals surface area contributed by atoms with Crippen LogP contribution in [-0.4, -0.2) is 19.7 Å². The number of benzene rings is 1. The number of hydrogen-bond donors (Lipinski definition) is 0. The highest BCUT2D eigenvalue weighted by molar-refractivity contribution is 5.89. The molecular weight excluding hydrogens is 196 g/mol. The maximum absolute atomic E-state index is 11.4. The summed E-state index contributed by atoms with van der Waals surface area (Å²) in [5, 5.41) is 0. The first kappa shape index (κ1) is 11.5. The van der Waals surface area contributed by atoms with Crippen molar-refractivity contribution in [3.8, 4) is 5.75 Å². The topological polar surface area (TPSA) is 44.8 Å². The summed E-state index contributed by atoms with van der Waals surface area (Å²) in [5.74, 6) is 0.0993. The summed E-state index contributed by atoms with van der Waals surface area (Å²) in [5.41, 5.74) is 0.408. The maximum atomic E-state index is 11.4. The zero-order valence-corrected chi connectivity index (χ0v) is 8.86. The van der Waals surface area contributed by atoms with E-state index >= 15 is 0 Å². The molecule has 0 spiro atoms. The Balaban J connectivity index is 2.57. The van der Waals surface area contributed by atoms with E-state index in [9.17, 15) is 4.79 Å². The molecule has 0 heterocycles. The average Bonchev–Trinajstić information content (AvgIpc) is 2.29. The molecule has 0 fully saturated rings. The van der Waals surface area contributed by atoms with Crippen LogP contribution in [-0.2, 0) is 9.78 Å². The lowest BCUT2D eigenvalue weighted by Gasteiger charge is -2.04. The molecule has 0 saturated heterocycles. The summed E-state index contributed by atoms with van der Waals surface area (Å²) in [6.07, 6.45) is 0.797. The fourth-order valence-corrected chi connectivity index (χ4v) is 0.977. The molecular formula is C11H14O4. The van der Waals surface area contributed by atoms with Gasteiger partial charge in [0.1, 0.15) is 5.75 Å². The van der Waals surface area contributed by atoms with E-state index in [1.165, 1.54) is 7.11 Å². The van der Waals surface area contributed by atoms with E-state index in [1.54, 1.807) is 24.3 Å². The van der Waals surface area contributed by atoms with Crippen LogP contribution >= 0.6 is 0 Å². The number of hydrogen-bond acceptors (Lipinski definition) is 4. The van der Waals surface area contributed by atoms with Gasteiger partial charge in [0.25, 0.3) is 0 Å². The van der Waals surface area contributed by atoms with Gasteiger partial charge in [0.2, 0.25) is 0 Å². The third-order valence-electron chi connectivity index (χ3n) is 1.73. The predicted octanol–water partition coefficient (Wildman–Crippen LogP) is 2.19. The zero-order chi connectivity index (χ0) is 11.1. The minimum absolute atomic E-state index is 0.399. The summed E-state index contributed by atoms with van der Waals surface area (Å²) >= 11 is 0. The summed E-state index contributed by atoms with van der Waals surface area (Å²) in [6.45, 7) is 2.33. The van der Waals surface area contributed by atoms with Gasteiger partial charge in [-0.3, -0.25) is 4.89 Å². The Kier molecular flexibility index (Phi) is 4.63. The molecule has 0 atom stereocenters. The van der Waals surface area contributed by atoms with Crippen molar-refractivity contribution in [3.05, 3.63) is 29.8 Å². The van der Waals surface area contributed by atoms with Gasteiger partial charge < -0.3 is 4.74 Å². The van der Waals surface area contributed by atoms with Crippen molar-refractivity contribution < 1.29 is 19.3 Å². The van der Waals surface area contributed by atoms with Gasteiger partial charge in [-0.25, -0.2) is 4.79 Å². The third kappa shape index (κ3) is 3.59. The van der Waals surface area contributed by atoms with Crippen LogP contribution in [0.2, 0.25) is 0 Å². The van der Waals surface area contributed by atoms with Crippen LogP contribution in [0.4, 0.5) is 0 Å². The number of ether oxygens (including phenoxy) is 1. The summed E-state index contributed by atoms with van der Waals surface area (Å²) in [6, 6.07) is 6.71. The first-order valence-electron chi connectivity index (χ1n) is 4.75. The van der Waals surface area contributed by atoms with Gasteiger partial charge in [0.05, 0.1) is 19.3 Å². The van der Waals surface area contributed by atoms with Crippen LogP contribution in [0.5, 0.6) is 5.75 Å². The molecule has 1 rings (SSSR count). The van der Waals surface area contributed by atoms with Gasteiger partial charge in [0.15, 0.2) is 0 Å². The molecule has 0 N–H and O–H groups in total. The van der Waals surface area contributed by atoms with Crippen LogP contribution in [0.1, 0.15) is 23.7 Å². The third-order valence-corrected chi connectivity index (χ3v) is 1.73. The Morgan fingerprint density at radius 3 is 2.87 bits per heavy atom. The Labute approximate surface area is 88.7 Å². The van der Waals surface area contributed by atoms with E-state index in [4.69, 9.17) is 4.74 Å². The van der Waals surface area contributed by atoms with Gasteiger partial charge in [0, 0.05) is 0 Å². The Hall–Kier alpha value is -1.55. The van der Waals surface area contributed by atoms with E-state index in [0.717, 1.165) is 6.42 Å². The Morgan fingerprint density at radius 2 is 2.20 bits per heavy atom. The minimum atomic E-state index is -0.512. The Morgan fingerprint density at radius 1 is 1.40 bits per heavy atom. The zero-order valence-electron chi connectivity index (χ0n) is 8.86. The minimum Gasteiger partial charge on any atom is -0.497 e. The second-order valence-corrected chi connectivity index (χ2v) is 2.92. The van der Waals surface area contributed by atoms with E-state index < -0.39 is 5.97 Å². The molecule has 0 radical (unpaired) electrons. The van der Waals surface area contributed by atoms with E-state index in [0.29, 0.717) is 17.9 Å². The molecule has 4 heteroatoms. The first-order chi connectivity index (χ1) is 7.27. The fraction of sp³-hybridized carbons (Fsp3) is 0.364. The van der Waals surface area contributed by atoms with Crippen molar-refractivity contribution in [1.82, 2.24) is 0 Å². The molecule has 4 nitrogen and oxygen atoms in total. The summed E-state index contributed by atoms with van der Waals surface area (Å²) in [4.78, 5) is 20.6. The molecule has 0 saturated carbocycles. The molecule has 1 aromatic rings. The van der Waals surface area contributed by atoms with Gasteiger partial charge in [-0.15, -0.1) is 0 Å². The smallest absolute Gasteiger partial charge is 0.373 e. The van der Waals surface area contributed by atoms with Crippen molar-refractivity contribution in [2.45, 2.75) is 13.3 Å². The van der Waals surface area contributed by atoms with Crippen molar-refractivity contribution >= 4 is 5.97 Å². The molecule has 0 aliphatic carbocycles. The number of carbonyl (C=O) groups is 1.